The van der Waals surface area contributed by atoms with Crippen molar-refractivity contribution in [2.45, 2.75) is 17.2 Å². The van der Waals surface area contributed by atoms with Crippen LogP contribution in [0.5, 0.6) is 5.75 Å². The normalized spacial score (nSPS) is 11.0. The molecule has 0 aliphatic rings. The van der Waals surface area contributed by atoms with Crippen molar-refractivity contribution in [2.24, 2.45) is 0 Å². The smallest absolute Gasteiger partial charge is 0.237 e. The molecule has 1 heterocycles. The van der Waals surface area contributed by atoms with Crippen LogP contribution in [0, 0.1) is 22.7 Å². The number of nitrogens with zero attached hydrogens (tertiary/aromatic N) is 3. The van der Waals surface area contributed by atoms with Crippen LogP contribution in [0.2, 0.25) is 0 Å². The monoisotopic (exact) mass is 353 g/mol. The van der Waals surface area contributed by atoms with Crippen LogP contribution in [0.25, 0.3) is 0 Å². The molecule has 0 saturated carbocycles. The van der Waals surface area contributed by atoms with Crippen LogP contribution in [-0.4, -0.2) is 23.3 Å². The maximum absolute atomic E-state index is 12.4. The summed E-state index contributed by atoms with van der Waals surface area (Å²) in [6.07, 6.45) is 0. The Bertz CT molecular complexity index is 886. The van der Waals surface area contributed by atoms with Crippen molar-refractivity contribution >= 4 is 29.2 Å². The molecule has 126 valence electrons. The van der Waals surface area contributed by atoms with Crippen LogP contribution in [-0.2, 0) is 4.79 Å². The van der Waals surface area contributed by atoms with Gasteiger partial charge in [0.1, 0.15) is 28.7 Å². The van der Waals surface area contributed by atoms with Crippen molar-refractivity contribution in [1.29, 1.82) is 10.5 Å². The number of carbonyl (C=O) groups excluding carboxylic acids is 1. The number of nitrogens with one attached hydrogen (secondary N) is 1. The summed E-state index contributed by atoms with van der Waals surface area (Å²) in [5.74, 6) is 0.302. The molecule has 8 heteroatoms. The van der Waals surface area contributed by atoms with Gasteiger partial charge < -0.3 is 15.8 Å². The number of benzene rings is 1. The van der Waals surface area contributed by atoms with Gasteiger partial charge >= 0.3 is 0 Å². The van der Waals surface area contributed by atoms with Crippen LogP contribution < -0.4 is 15.8 Å². The van der Waals surface area contributed by atoms with E-state index in [1.807, 2.05) is 12.1 Å². The van der Waals surface area contributed by atoms with Gasteiger partial charge in [0.2, 0.25) is 5.91 Å². The Kier molecular flexibility index (Phi) is 5.83. The number of ether oxygens (including phenoxy) is 1. The summed E-state index contributed by atoms with van der Waals surface area (Å²) in [6, 6.07) is 12.3. The van der Waals surface area contributed by atoms with E-state index in [0.717, 1.165) is 11.8 Å². The van der Waals surface area contributed by atoms with Crippen molar-refractivity contribution in [2.75, 3.05) is 18.2 Å². The first-order valence-electron chi connectivity index (χ1n) is 7.21. The summed E-state index contributed by atoms with van der Waals surface area (Å²) in [6.45, 7) is 1.69. The van der Waals surface area contributed by atoms with E-state index in [0.29, 0.717) is 16.5 Å². The van der Waals surface area contributed by atoms with E-state index in [1.54, 1.807) is 31.2 Å². The molecule has 0 aliphatic carbocycles. The summed E-state index contributed by atoms with van der Waals surface area (Å²) in [7, 11) is 1.52. The number of thioether (sulfide) groups is 1. The Labute approximate surface area is 149 Å². The van der Waals surface area contributed by atoms with Gasteiger partial charge in [0.05, 0.1) is 29.2 Å². The number of anilines is 2. The van der Waals surface area contributed by atoms with E-state index in [4.69, 9.17) is 15.7 Å². The average Bonchev–Trinajstić information content (AvgIpc) is 2.62. The van der Waals surface area contributed by atoms with E-state index in [-0.39, 0.29) is 22.9 Å². The fourth-order valence-electron chi connectivity index (χ4n) is 1.97. The average molecular weight is 353 g/mol. The molecule has 0 fully saturated rings. The summed E-state index contributed by atoms with van der Waals surface area (Å²) in [5.41, 5.74) is 6.58. The highest BCUT2D eigenvalue weighted by Gasteiger charge is 2.20. The number of hydrogen-bond acceptors (Lipinski definition) is 7. The highest BCUT2D eigenvalue weighted by Crippen LogP contribution is 2.29. The molecule has 0 unspecified atom stereocenters. The summed E-state index contributed by atoms with van der Waals surface area (Å²) < 4.78 is 5.20. The highest BCUT2D eigenvalue weighted by atomic mass is 32.2. The molecule has 1 atom stereocenters. The van der Waals surface area contributed by atoms with Gasteiger partial charge in [-0.05, 0) is 25.1 Å². The molecule has 2 aromatic rings. The number of para-hydroxylation sites is 2. The van der Waals surface area contributed by atoms with Gasteiger partial charge in [0.25, 0.3) is 0 Å². The molecule has 3 N–H and O–H groups in total. The highest BCUT2D eigenvalue weighted by molar-refractivity contribution is 8.00. The molecule has 25 heavy (non-hydrogen) atoms. The lowest BCUT2D eigenvalue weighted by atomic mass is 10.2. The maximum Gasteiger partial charge on any atom is 0.237 e. The van der Waals surface area contributed by atoms with E-state index in [2.05, 4.69) is 10.3 Å². The Morgan fingerprint density at radius 3 is 2.64 bits per heavy atom. The number of hydrogen-bond donors (Lipinski definition) is 2. The molecule has 0 bridgehead atoms. The second kappa shape index (κ2) is 8.04. The van der Waals surface area contributed by atoms with Crippen molar-refractivity contribution in [3.8, 4) is 17.9 Å². The van der Waals surface area contributed by atoms with Gasteiger partial charge in [-0.3, -0.25) is 4.79 Å². The lowest BCUT2D eigenvalue weighted by molar-refractivity contribution is -0.115. The SMILES string of the molecule is COc1ccccc1NC(=O)[C@@H](C)Sc1nc(N)c(C#N)cc1C#N. The molecular weight excluding hydrogens is 338 g/mol. The number of aromatic nitrogens is 1. The standard InChI is InChI=1S/C17H15N5O2S/c1-10(16(23)21-13-5-3-4-6-14(13)24-2)25-17-12(9-19)7-11(8-18)15(20)22-17/h3-7,10H,1-2H3,(H2,20,22)(H,21,23)/t10-/m1/s1. The number of nitrogens with two attached hydrogens (primary N) is 1. The third kappa shape index (κ3) is 4.19. The Balaban J connectivity index is 2.18. The number of carbonyl (C=O) groups is 1. The third-order valence-electron chi connectivity index (χ3n) is 3.28. The van der Waals surface area contributed by atoms with Crippen molar-refractivity contribution < 1.29 is 9.53 Å². The van der Waals surface area contributed by atoms with Crippen LogP contribution in [0.3, 0.4) is 0 Å². The molecule has 7 nitrogen and oxygen atoms in total. The predicted molar refractivity (Wildman–Crippen MR) is 95.0 cm³/mol. The number of methoxy groups -OCH3 is 1. The van der Waals surface area contributed by atoms with E-state index in [1.165, 1.54) is 13.2 Å². The molecule has 1 aromatic heterocycles. The van der Waals surface area contributed by atoms with E-state index >= 15 is 0 Å². The number of nitrogen functional groups attached to an aromatic ring is 1. The first-order valence-corrected chi connectivity index (χ1v) is 8.09. The Morgan fingerprint density at radius 2 is 2.00 bits per heavy atom. The first-order chi connectivity index (χ1) is 12.0. The van der Waals surface area contributed by atoms with Gasteiger partial charge in [-0.1, -0.05) is 23.9 Å². The molecule has 2 rings (SSSR count). The minimum absolute atomic E-state index is 0.0290. The van der Waals surface area contributed by atoms with Crippen LogP contribution >= 0.6 is 11.8 Å². The fourth-order valence-corrected chi connectivity index (χ4v) is 2.86. The largest absolute Gasteiger partial charge is 0.495 e. The minimum Gasteiger partial charge on any atom is -0.495 e. The molecule has 1 amide bonds. The molecule has 0 saturated heterocycles. The van der Waals surface area contributed by atoms with Crippen LogP contribution in [0.15, 0.2) is 35.4 Å². The third-order valence-corrected chi connectivity index (χ3v) is 4.38. The predicted octanol–water partition coefficient (Wildman–Crippen LogP) is 2.54. The molecule has 0 aliphatic heterocycles. The van der Waals surface area contributed by atoms with Crippen LogP contribution in [0.4, 0.5) is 11.5 Å². The number of pyridine rings is 1. The van der Waals surface area contributed by atoms with Crippen LogP contribution in [0.1, 0.15) is 18.1 Å². The lowest BCUT2D eigenvalue weighted by Crippen LogP contribution is -2.23. The van der Waals surface area contributed by atoms with E-state index < -0.39 is 5.25 Å². The van der Waals surface area contributed by atoms with Crippen molar-refractivity contribution in [3.05, 3.63) is 41.5 Å². The second-order valence-electron chi connectivity index (χ2n) is 4.95. The number of rotatable bonds is 5. The van der Waals surface area contributed by atoms with Gasteiger partial charge in [-0.25, -0.2) is 4.98 Å². The number of amides is 1. The first kappa shape index (κ1) is 18.1. The van der Waals surface area contributed by atoms with E-state index in [9.17, 15) is 10.1 Å². The zero-order valence-electron chi connectivity index (χ0n) is 13.6. The second-order valence-corrected chi connectivity index (χ2v) is 6.28. The maximum atomic E-state index is 12.4. The Morgan fingerprint density at radius 1 is 1.32 bits per heavy atom. The minimum atomic E-state index is -0.545. The Hall–Kier alpha value is -3.23. The van der Waals surface area contributed by atoms with Crippen molar-refractivity contribution in [3.63, 3.8) is 0 Å². The number of nitriles is 2. The molecule has 1 aromatic carbocycles. The summed E-state index contributed by atoms with van der Waals surface area (Å²) >= 11 is 1.09. The summed E-state index contributed by atoms with van der Waals surface area (Å²) in [4.78, 5) is 16.5. The molecular formula is C17H15N5O2S. The zero-order valence-corrected chi connectivity index (χ0v) is 14.4. The van der Waals surface area contributed by atoms with Gasteiger partial charge in [0.15, 0.2) is 0 Å². The molecule has 0 radical (unpaired) electrons. The fraction of sp³-hybridized carbons (Fsp3) is 0.176. The van der Waals surface area contributed by atoms with Gasteiger partial charge in [-0.2, -0.15) is 10.5 Å². The van der Waals surface area contributed by atoms with Gasteiger partial charge in [0, 0.05) is 0 Å². The molecule has 0 spiro atoms. The zero-order chi connectivity index (χ0) is 18.4. The lowest BCUT2D eigenvalue weighted by Gasteiger charge is -2.14. The quantitative estimate of drug-likeness (QED) is 0.791. The van der Waals surface area contributed by atoms with Gasteiger partial charge in [-0.15, -0.1) is 0 Å². The summed E-state index contributed by atoms with van der Waals surface area (Å²) in [5, 5.41) is 20.7. The van der Waals surface area contributed by atoms with Crippen molar-refractivity contribution in [1.82, 2.24) is 4.98 Å². The topological polar surface area (TPSA) is 125 Å².